The zero-order valence-corrected chi connectivity index (χ0v) is 10.7. The number of anilines is 1. The molecule has 104 valence electrons. The minimum atomic E-state index is -1.54. The van der Waals surface area contributed by atoms with Gasteiger partial charge in [0.25, 0.3) is 0 Å². The highest BCUT2D eigenvalue weighted by atomic mass is 35.5. The number of nitrogens with zero attached hydrogens (tertiary/aromatic N) is 2. The molecule has 0 saturated heterocycles. The minimum Gasteiger partial charge on any atom is -0.465 e. The molecule has 0 spiro atoms. The van der Waals surface area contributed by atoms with Crippen molar-refractivity contribution in [2.24, 2.45) is 0 Å². The van der Waals surface area contributed by atoms with Crippen LogP contribution in [-0.2, 0) is 0 Å². The number of aliphatic hydroxyl groups excluding tert-OH is 1. The quantitative estimate of drug-likeness (QED) is 0.756. The average molecular weight is 298 g/mol. The van der Waals surface area contributed by atoms with Gasteiger partial charge in [0, 0.05) is 6.20 Å². The summed E-state index contributed by atoms with van der Waals surface area (Å²) in [6.07, 6.45) is -1.59. The summed E-state index contributed by atoms with van der Waals surface area (Å²) in [5.41, 5.74) is -0.396. The number of aromatic nitrogens is 2. The second-order valence-electron chi connectivity index (χ2n) is 3.77. The Morgan fingerprint density at radius 3 is 2.75 bits per heavy atom. The van der Waals surface area contributed by atoms with Crippen molar-refractivity contribution in [3.8, 4) is 0 Å². The highest BCUT2D eigenvalue weighted by Crippen LogP contribution is 2.28. The van der Waals surface area contributed by atoms with E-state index in [1.54, 1.807) is 0 Å². The van der Waals surface area contributed by atoms with Crippen molar-refractivity contribution in [3.63, 3.8) is 0 Å². The standard InChI is InChI=1S/C12H9ClFN3O3/c13-8-4-3-7(16-12(19)20)10(17-8)11(18)9-6(14)2-1-5-15-9/h1-5,11,16,18H,(H,19,20). The number of aliphatic hydroxyl groups is 1. The lowest BCUT2D eigenvalue weighted by Gasteiger charge is -2.14. The first kappa shape index (κ1) is 14.2. The maximum atomic E-state index is 13.6. The first-order valence-electron chi connectivity index (χ1n) is 5.44. The van der Waals surface area contributed by atoms with Crippen molar-refractivity contribution in [1.29, 1.82) is 0 Å². The Morgan fingerprint density at radius 1 is 1.35 bits per heavy atom. The molecule has 0 aromatic carbocycles. The van der Waals surface area contributed by atoms with E-state index in [9.17, 15) is 14.3 Å². The van der Waals surface area contributed by atoms with Gasteiger partial charge < -0.3 is 10.2 Å². The molecule has 0 bridgehead atoms. The number of rotatable bonds is 3. The van der Waals surface area contributed by atoms with E-state index in [1.165, 1.54) is 24.4 Å². The lowest BCUT2D eigenvalue weighted by molar-refractivity contribution is 0.204. The van der Waals surface area contributed by atoms with Gasteiger partial charge in [-0.2, -0.15) is 0 Å². The summed E-state index contributed by atoms with van der Waals surface area (Å²) in [6, 6.07) is 5.16. The van der Waals surface area contributed by atoms with Crippen molar-refractivity contribution >= 4 is 23.4 Å². The molecule has 0 aliphatic heterocycles. The van der Waals surface area contributed by atoms with Crippen molar-refractivity contribution in [1.82, 2.24) is 9.97 Å². The Kier molecular flexibility index (Phi) is 4.11. The minimum absolute atomic E-state index is 0.000506. The summed E-state index contributed by atoms with van der Waals surface area (Å²) in [4.78, 5) is 18.2. The lowest BCUT2D eigenvalue weighted by Crippen LogP contribution is -2.14. The van der Waals surface area contributed by atoms with Crippen LogP contribution in [0.1, 0.15) is 17.5 Å². The topological polar surface area (TPSA) is 95.3 Å². The molecule has 0 radical (unpaired) electrons. The maximum Gasteiger partial charge on any atom is 0.409 e. The van der Waals surface area contributed by atoms with Crippen molar-refractivity contribution in [3.05, 3.63) is 52.8 Å². The van der Waals surface area contributed by atoms with Gasteiger partial charge in [0.15, 0.2) is 0 Å². The highest BCUT2D eigenvalue weighted by molar-refractivity contribution is 6.29. The molecule has 1 unspecified atom stereocenters. The zero-order chi connectivity index (χ0) is 14.7. The Balaban J connectivity index is 2.48. The van der Waals surface area contributed by atoms with Crippen molar-refractivity contribution in [2.75, 3.05) is 5.32 Å². The second-order valence-corrected chi connectivity index (χ2v) is 4.16. The number of hydrogen-bond acceptors (Lipinski definition) is 4. The highest BCUT2D eigenvalue weighted by Gasteiger charge is 2.22. The number of carbonyl (C=O) groups is 1. The summed E-state index contributed by atoms with van der Waals surface area (Å²) in [5.74, 6) is -0.733. The molecule has 2 heterocycles. The van der Waals surface area contributed by atoms with Gasteiger partial charge in [-0.25, -0.2) is 14.2 Å². The van der Waals surface area contributed by atoms with Crippen LogP contribution in [0.25, 0.3) is 0 Å². The van der Waals surface area contributed by atoms with Gasteiger partial charge in [0.2, 0.25) is 0 Å². The molecule has 8 heteroatoms. The molecule has 1 atom stereocenters. The third-order valence-corrected chi connectivity index (χ3v) is 2.65. The van der Waals surface area contributed by atoms with E-state index >= 15 is 0 Å². The lowest BCUT2D eigenvalue weighted by atomic mass is 10.1. The molecule has 0 fully saturated rings. The third kappa shape index (κ3) is 3.01. The van der Waals surface area contributed by atoms with Crippen LogP contribution in [0.3, 0.4) is 0 Å². The average Bonchev–Trinajstić information content (AvgIpc) is 2.40. The van der Waals surface area contributed by atoms with E-state index in [1.807, 2.05) is 0 Å². The predicted molar refractivity (Wildman–Crippen MR) is 69.2 cm³/mol. The number of pyridine rings is 2. The fourth-order valence-electron chi connectivity index (χ4n) is 1.61. The van der Waals surface area contributed by atoms with Crippen LogP contribution in [0.5, 0.6) is 0 Å². The van der Waals surface area contributed by atoms with E-state index in [2.05, 4.69) is 15.3 Å². The molecule has 0 saturated carbocycles. The van der Waals surface area contributed by atoms with Crippen LogP contribution in [0.4, 0.5) is 14.9 Å². The van der Waals surface area contributed by atoms with Crippen molar-refractivity contribution in [2.45, 2.75) is 6.10 Å². The Morgan fingerprint density at radius 2 is 2.10 bits per heavy atom. The molecule has 3 N–H and O–H groups in total. The van der Waals surface area contributed by atoms with Crippen LogP contribution in [-0.4, -0.2) is 26.3 Å². The monoisotopic (exact) mass is 297 g/mol. The first-order valence-corrected chi connectivity index (χ1v) is 5.81. The Labute approximate surface area is 117 Å². The molecule has 2 aromatic rings. The van der Waals surface area contributed by atoms with E-state index in [0.29, 0.717) is 0 Å². The summed E-state index contributed by atoms with van der Waals surface area (Å²) < 4.78 is 13.6. The predicted octanol–water partition coefficient (Wildman–Crippen LogP) is 2.44. The van der Waals surface area contributed by atoms with Gasteiger partial charge >= 0.3 is 6.09 Å². The van der Waals surface area contributed by atoms with Crippen LogP contribution in [0.2, 0.25) is 5.15 Å². The summed E-state index contributed by atoms with van der Waals surface area (Å²) in [7, 11) is 0. The fourth-order valence-corrected chi connectivity index (χ4v) is 1.76. The second kappa shape index (κ2) is 5.81. The normalized spacial score (nSPS) is 11.9. The molecule has 0 aliphatic rings. The van der Waals surface area contributed by atoms with Gasteiger partial charge in [0.05, 0.1) is 5.69 Å². The van der Waals surface area contributed by atoms with E-state index in [4.69, 9.17) is 16.7 Å². The van der Waals surface area contributed by atoms with Crippen LogP contribution < -0.4 is 5.32 Å². The van der Waals surface area contributed by atoms with E-state index in [0.717, 1.165) is 6.07 Å². The van der Waals surface area contributed by atoms with Gasteiger partial charge in [-0.05, 0) is 24.3 Å². The van der Waals surface area contributed by atoms with Gasteiger partial charge in [0.1, 0.15) is 28.5 Å². The molecule has 20 heavy (non-hydrogen) atoms. The number of nitrogens with one attached hydrogen (secondary N) is 1. The number of amides is 1. The van der Waals surface area contributed by atoms with Gasteiger partial charge in [-0.3, -0.25) is 10.3 Å². The number of halogens is 2. The van der Waals surface area contributed by atoms with Gasteiger partial charge in [-0.1, -0.05) is 11.6 Å². The summed E-state index contributed by atoms with van der Waals surface area (Å²) in [5, 5.41) is 20.9. The first-order chi connectivity index (χ1) is 9.49. The summed E-state index contributed by atoms with van der Waals surface area (Å²) >= 11 is 5.71. The molecule has 0 aliphatic carbocycles. The maximum absolute atomic E-state index is 13.6. The Hall–Kier alpha value is -2.25. The molecule has 2 rings (SSSR count). The van der Waals surface area contributed by atoms with Crippen LogP contribution in [0.15, 0.2) is 30.5 Å². The smallest absolute Gasteiger partial charge is 0.409 e. The number of hydrogen-bond donors (Lipinski definition) is 3. The Bertz CT molecular complexity index is 654. The van der Waals surface area contributed by atoms with E-state index < -0.39 is 18.0 Å². The molecule has 2 aromatic heterocycles. The third-order valence-electron chi connectivity index (χ3n) is 2.44. The SMILES string of the molecule is O=C(O)Nc1ccc(Cl)nc1C(O)c1ncccc1F. The van der Waals surface area contributed by atoms with E-state index in [-0.39, 0.29) is 22.2 Å². The largest absolute Gasteiger partial charge is 0.465 e. The molecule has 1 amide bonds. The summed E-state index contributed by atoms with van der Waals surface area (Å²) in [6.45, 7) is 0. The molecule has 6 nitrogen and oxygen atoms in total. The van der Waals surface area contributed by atoms with Gasteiger partial charge in [-0.15, -0.1) is 0 Å². The molecular formula is C12H9ClFN3O3. The van der Waals surface area contributed by atoms with Crippen LogP contribution in [0, 0.1) is 5.82 Å². The fraction of sp³-hybridized carbons (Fsp3) is 0.0833. The van der Waals surface area contributed by atoms with Crippen LogP contribution >= 0.6 is 11.6 Å². The van der Waals surface area contributed by atoms with Crippen molar-refractivity contribution < 1.29 is 19.4 Å². The molecular weight excluding hydrogens is 289 g/mol. The number of carboxylic acid groups (broad SMARTS) is 1. The zero-order valence-electron chi connectivity index (χ0n) is 9.92.